The van der Waals surface area contributed by atoms with Gasteiger partial charge in [-0.25, -0.2) is 0 Å². The number of carbonyl (C=O) groups excluding carboxylic acids is 2. The first-order valence-corrected chi connectivity index (χ1v) is 11.9. The Morgan fingerprint density at radius 2 is 1.65 bits per heavy atom. The number of rotatable bonds is 6. The zero-order valence-corrected chi connectivity index (χ0v) is 18.1. The minimum Gasteiger partial charge on any atom is -0.342 e. The summed E-state index contributed by atoms with van der Waals surface area (Å²) < 4.78 is 0.0377. The van der Waals surface area contributed by atoms with E-state index in [0.717, 1.165) is 38.1 Å². The molecule has 5 rings (SSSR count). The Balaban J connectivity index is 1.19. The Morgan fingerprint density at radius 1 is 1.04 bits per heavy atom. The molecule has 1 unspecified atom stereocenters. The lowest BCUT2D eigenvalue weighted by molar-refractivity contribution is -0.180. The van der Waals surface area contributed by atoms with Gasteiger partial charge in [-0.15, -0.1) is 0 Å². The molecule has 4 nitrogen and oxygen atoms in total. The van der Waals surface area contributed by atoms with Crippen molar-refractivity contribution in [2.24, 2.45) is 11.8 Å². The Bertz CT molecular complexity index is 536. The summed E-state index contributed by atoms with van der Waals surface area (Å²) in [5.41, 5.74) is 0.124. The van der Waals surface area contributed by atoms with Crippen LogP contribution in [0.15, 0.2) is 0 Å². The number of nitrogens with zero attached hydrogens (tertiary/aromatic N) is 1. The fourth-order valence-electron chi connectivity index (χ4n) is 6.32. The Labute approximate surface area is 171 Å². The van der Waals surface area contributed by atoms with E-state index in [9.17, 15) is 9.59 Å². The van der Waals surface area contributed by atoms with E-state index in [1.165, 1.54) is 64.2 Å². The number of amides is 2. The largest absolute Gasteiger partial charge is 0.342 e. The van der Waals surface area contributed by atoms with Crippen LogP contribution in [0.4, 0.5) is 4.79 Å². The standard InChI is InChI=1S/C21H33IN2O2/c22-19(26)23-20-13-21(14-20,15-20)24-12-17(11-18(24)25)10-6-9-16-7-4-2-1-3-5-8-16/h16-17H,1-15H2,(H,23,26). The SMILES string of the molecule is O=C(I)NC12CC(N3CC(CCCC4CCCCCCC4)CC3=O)(C1)C2. The predicted molar refractivity (Wildman–Crippen MR) is 111 cm³/mol. The maximum absolute atomic E-state index is 12.6. The van der Waals surface area contributed by atoms with E-state index in [0.29, 0.717) is 11.8 Å². The third kappa shape index (κ3) is 3.79. The monoisotopic (exact) mass is 472 g/mol. The van der Waals surface area contributed by atoms with Crippen LogP contribution in [-0.2, 0) is 4.79 Å². The lowest BCUT2D eigenvalue weighted by atomic mass is 9.43. The van der Waals surface area contributed by atoms with Gasteiger partial charge in [0.25, 0.3) is 3.91 Å². The van der Waals surface area contributed by atoms with E-state index in [1.807, 2.05) is 22.6 Å². The molecule has 146 valence electrons. The highest BCUT2D eigenvalue weighted by molar-refractivity contribution is 14.1. The molecule has 1 heterocycles. The smallest absolute Gasteiger partial charge is 0.281 e. The van der Waals surface area contributed by atoms with Crippen molar-refractivity contribution in [3.8, 4) is 0 Å². The van der Waals surface area contributed by atoms with Gasteiger partial charge in [0.2, 0.25) is 5.91 Å². The van der Waals surface area contributed by atoms with Crippen LogP contribution < -0.4 is 5.32 Å². The highest BCUT2D eigenvalue weighted by Crippen LogP contribution is 2.64. The molecule has 1 saturated heterocycles. The van der Waals surface area contributed by atoms with Crippen molar-refractivity contribution >= 4 is 32.4 Å². The molecule has 5 heteroatoms. The molecule has 1 N–H and O–H groups in total. The third-order valence-electron chi connectivity index (χ3n) is 7.59. The normalized spacial score (nSPS) is 37.5. The number of hydrogen-bond donors (Lipinski definition) is 1. The zero-order valence-electron chi connectivity index (χ0n) is 15.9. The second-order valence-electron chi connectivity index (χ2n) is 9.65. The first-order chi connectivity index (χ1) is 12.5. The molecule has 4 aliphatic carbocycles. The van der Waals surface area contributed by atoms with E-state index < -0.39 is 0 Å². The van der Waals surface area contributed by atoms with Gasteiger partial charge in [-0.05, 0) is 37.5 Å². The molecule has 1 aliphatic heterocycles. The Kier molecular flexibility index (Phi) is 5.55. The molecule has 2 amide bonds. The fourth-order valence-corrected chi connectivity index (χ4v) is 6.89. The van der Waals surface area contributed by atoms with Crippen LogP contribution in [0.2, 0.25) is 0 Å². The van der Waals surface area contributed by atoms with E-state index in [4.69, 9.17) is 0 Å². The first kappa shape index (κ1) is 19.0. The Morgan fingerprint density at radius 3 is 2.31 bits per heavy atom. The number of halogens is 1. The predicted octanol–water partition coefficient (Wildman–Crippen LogP) is 5.19. The summed E-state index contributed by atoms with van der Waals surface area (Å²) in [5, 5.41) is 3.09. The molecule has 1 atom stereocenters. The van der Waals surface area contributed by atoms with Crippen LogP contribution in [0.25, 0.3) is 0 Å². The summed E-state index contributed by atoms with van der Waals surface area (Å²) in [6.45, 7) is 0.970. The van der Waals surface area contributed by atoms with Gasteiger partial charge in [0.1, 0.15) is 0 Å². The number of carbonyl (C=O) groups is 2. The molecular weight excluding hydrogens is 439 g/mol. The summed E-state index contributed by atoms with van der Waals surface area (Å²) in [4.78, 5) is 26.1. The van der Waals surface area contributed by atoms with Gasteiger partial charge in [-0.2, -0.15) is 0 Å². The highest BCUT2D eigenvalue weighted by atomic mass is 127. The van der Waals surface area contributed by atoms with E-state index in [-0.39, 0.29) is 15.0 Å². The average molecular weight is 472 g/mol. The highest BCUT2D eigenvalue weighted by Gasteiger charge is 2.72. The number of hydrogen-bond acceptors (Lipinski definition) is 2. The molecule has 0 aromatic carbocycles. The molecular formula is C21H33IN2O2. The second kappa shape index (κ2) is 7.59. The molecule has 26 heavy (non-hydrogen) atoms. The van der Waals surface area contributed by atoms with Crippen molar-refractivity contribution in [2.45, 2.75) is 101 Å². The van der Waals surface area contributed by atoms with Crippen LogP contribution >= 0.6 is 22.6 Å². The van der Waals surface area contributed by atoms with Gasteiger partial charge in [-0.1, -0.05) is 57.8 Å². The fraction of sp³-hybridized carbons (Fsp3) is 0.905. The minimum absolute atomic E-state index is 0.0227. The van der Waals surface area contributed by atoms with Gasteiger partial charge < -0.3 is 10.2 Å². The zero-order chi connectivity index (χ0) is 18.2. The second-order valence-corrected chi connectivity index (χ2v) is 10.6. The van der Waals surface area contributed by atoms with Crippen LogP contribution in [-0.4, -0.2) is 32.3 Å². The van der Waals surface area contributed by atoms with Crippen molar-refractivity contribution in [3.63, 3.8) is 0 Å². The van der Waals surface area contributed by atoms with Crippen molar-refractivity contribution < 1.29 is 9.59 Å². The van der Waals surface area contributed by atoms with E-state index in [1.54, 1.807) is 0 Å². The number of likely N-dealkylation sites (tertiary alicyclic amines) is 1. The van der Waals surface area contributed by atoms with Gasteiger partial charge >= 0.3 is 0 Å². The van der Waals surface area contributed by atoms with Gasteiger partial charge in [-0.3, -0.25) is 9.59 Å². The van der Waals surface area contributed by atoms with E-state index in [2.05, 4.69) is 10.2 Å². The summed E-state index contributed by atoms with van der Waals surface area (Å²) in [7, 11) is 0. The Hall–Kier alpha value is -0.330. The van der Waals surface area contributed by atoms with Crippen LogP contribution in [0.1, 0.15) is 89.9 Å². The number of nitrogens with one attached hydrogen (secondary N) is 1. The van der Waals surface area contributed by atoms with Crippen LogP contribution in [0.5, 0.6) is 0 Å². The van der Waals surface area contributed by atoms with Gasteiger partial charge in [0, 0.05) is 46.6 Å². The average Bonchev–Trinajstić information content (AvgIpc) is 2.84. The summed E-state index contributed by atoms with van der Waals surface area (Å²) in [6, 6.07) is 0. The van der Waals surface area contributed by atoms with E-state index >= 15 is 0 Å². The van der Waals surface area contributed by atoms with Crippen molar-refractivity contribution in [3.05, 3.63) is 0 Å². The van der Waals surface area contributed by atoms with Crippen molar-refractivity contribution in [2.75, 3.05) is 6.54 Å². The van der Waals surface area contributed by atoms with Crippen molar-refractivity contribution in [1.29, 1.82) is 0 Å². The molecule has 4 saturated carbocycles. The molecule has 0 aromatic rings. The first-order valence-electron chi connectivity index (χ1n) is 10.8. The quantitative estimate of drug-likeness (QED) is 0.329. The summed E-state index contributed by atoms with van der Waals surface area (Å²) >= 11 is 1.82. The summed E-state index contributed by atoms with van der Waals surface area (Å²) in [6.07, 6.45) is 17.6. The van der Waals surface area contributed by atoms with Crippen molar-refractivity contribution in [1.82, 2.24) is 10.2 Å². The molecule has 5 fully saturated rings. The maximum Gasteiger partial charge on any atom is 0.281 e. The molecule has 0 radical (unpaired) electrons. The molecule has 2 bridgehead atoms. The summed E-state index contributed by atoms with van der Waals surface area (Å²) in [5.74, 6) is 1.88. The topological polar surface area (TPSA) is 49.4 Å². The van der Waals surface area contributed by atoms with Crippen LogP contribution in [0.3, 0.4) is 0 Å². The molecule has 0 aromatic heterocycles. The molecule has 5 aliphatic rings. The minimum atomic E-state index is 0.0227. The lowest BCUT2D eigenvalue weighted by Crippen LogP contribution is -2.83. The molecule has 0 spiro atoms. The van der Waals surface area contributed by atoms with Gasteiger partial charge in [0.05, 0.1) is 0 Å². The maximum atomic E-state index is 12.6. The third-order valence-corrected chi connectivity index (χ3v) is 7.86. The lowest BCUT2D eigenvalue weighted by Gasteiger charge is -2.73. The van der Waals surface area contributed by atoms with Gasteiger partial charge in [0.15, 0.2) is 0 Å². The van der Waals surface area contributed by atoms with Crippen LogP contribution in [0, 0.1) is 11.8 Å².